The van der Waals surface area contributed by atoms with Gasteiger partial charge in [0.15, 0.2) is 0 Å². The van der Waals surface area contributed by atoms with Crippen molar-refractivity contribution in [1.82, 2.24) is 20.3 Å². The Morgan fingerprint density at radius 2 is 1.91 bits per heavy atom. The number of aliphatic carboxylic acids is 1. The number of rotatable bonds is 5. The number of carbonyl (C=O) groups is 2. The summed E-state index contributed by atoms with van der Waals surface area (Å²) >= 11 is 0. The largest absolute Gasteiger partial charge is 0.490 e. The Morgan fingerprint density at radius 3 is 2.47 bits per heavy atom. The predicted molar refractivity (Wildman–Crippen MR) is 119 cm³/mol. The minimum Gasteiger partial charge on any atom is -0.475 e. The number of carbonyl (C=O) groups excluding carboxylic acids is 1. The molecular weight excluding hydrogens is 453 g/mol. The Bertz CT molecular complexity index is 1010. The molecule has 2 N–H and O–H groups in total. The Balaban J connectivity index is 0.000000406. The van der Waals surface area contributed by atoms with Crippen LogP contribution in [0.2, 0.25) is 0 Å². The molecule has 2 aromatic heterocycles. The van der Waals surface area contributed by atoms with Crippen molar-refractivity contribution in [3.63, 3.8) is 0 Å². The molecule has 184 valence electrons. The van der Waals surface area contributed by atoms with Crippen LogP contribution >= 0.6 is 0 Å². The lowest BCUT2D eigenvalue weighted by Crippen LogP contribution is -2.28. The molecular formula is C22H27F3N6O3. The second kappa shape index (κ2) is 10.7. The summed E-state index contributed by atoms with van der Waals surface area (Å²) in [6.45, 7) is 2.48. The summed E-state index contributed by atoms with van der Waals surface area (Å²) in [5.74, 6) is -0.428. The number of nitrogens with zero attached hydrogens (tertiary/aromatic N) is 5. The number of halogens is 3. The van der Waals surface area contributed by atoms with Gasteiger partial charge in [-0.25, -0.2) is 19.7 Å². The number of hydrogen-bond acceptors (Lipinski definition) is 7. The Labute approximate surface area is 195 Å². The summed E-state index contributed by atoms with van der Waals surface area (Å²) in [5.41, 5.74) is 2.91. The van der Waals surface area contributed by atoms with E-state index in [2.05, 4.69) is 20.2 Å². The number of aromatic nitrogens is 3. The third kappa shape index (κ3) is 6.78. The van der Waals surface area contributed by atoms with E-state index in [0.717, 1.165) is 55.4 Å². The lowest BCUT2D eigenvalue weighted by Gasteiger charge is -2.20. The SMILES string of the molecule is CN(C)c1nc2c(cc1C(=O)NCC1CC1)CCN(c1ccncn1)CC2.O=C(O)C(F)(F)F. The fourth-order valence-electron chi connectivity index (χ4n) is 3.49. The van der Waals surface area contributed by atoms with Crippen LogP contribution in [0.4, 0.5) is 24.8 Å². The van der Waals surface area contributed by atoms with Crippen LogP contribution in [0.15, 0.2) is 24.7 Å². The van der Waals surface area contributed by atoms with Crippen molar-refractivity contribution < 1.29 is 27.9 Å². The zero-order valence-electron chi connectivity index (χ0n) is 19.0. The quantitative estimate of drug-likeness (QED) is 0.671. The molecule has 1 fully saturated rings. The molecule has 4 rings (SSSR count). The molecule has 0 bridgehead atoms. The van der Waals surface area contributed by atoms with Gasteiger partial charge < -0.3 is 20.2 Å². The van der Waals surface area contributed by atoms with Gasteiger partial charge >= 0.3 is 12.1 Å². The van der Waals surface area contributed by atoms with Crippen molar-refractivity contribution in [3.05, 3.63) is 41.5 Å². The van der Waals surface area contributed by atoms with Gasteiger partial charge in [-0.3, -0.25) is 4.79 Å². The van der Waals surface area contributed by atoms with E-state index < -0.39 is 12.1 Å². The van der Waals surface area contributed by atoms with E-state index in [9.17, 15) is 18.0 Å². The van der Waals surface area contributed by atoms with E-state index in [1.165, 1.54) is 12.8 Å². The van der Waals surface area contributed by atoms with Crippen molar-refractivity contribution >= 4 is 23.5 Å². The van der Waals surface area contributed by atoms with Gasteiger partial charge in [-0.1, -0.05) is 0 Å². The average Bonchev–Trinajstić information content (AvgIpc) is 3.63. The van der Waals surface area contributed by atoms with Crippen LogP contribution in [-0.2, 0) is 17.6 Å². The molecule has 1 aliphatic heterocycles. The van der Waals surface area contributed by atoms with Crippen molar-refractivity contribution in [3.8, 4) is 0 Å². The van der Waals surface area contributed by atoms with E-state index in [0.29, 0.717) is 11.5 Å². The van der Waals surface area contributed by atoms with E-state index in [1.807, 2.05) is 31.1 Å². The first-order valence-electron chi connectivity index (χ1n) is 10.9. The molecule has 0 spiro atoms. The van der Waals surface area contributed by atoms with Gasteiger partial charge in [0.05, 0.1) is 5.56 Å². The van der Waals surface area contributed by atoms with Gasteiger partial charge in [0.2, 0.25) is 0 Å². The minimum atomic E-state index is -5.08. The molecule has 2 aromatic rings. The zero-order chi connectivity index (χ0) is 24.9. The Morgan fingerprint density at radius 1 is 1.24 bits per heavy atom. The van der Waals surface area contributed by atoms with Crippen molar-refractivity contribution in [1.29, 1.82) is 0 Å². The molecule has 12 heteroatoms. The fourth-order valence-corrected chi connectivity index (χ4v) is 3.49. The minimum absolute atomic E-state index is 0.0159. The normalized spacial score (nSPS) is 15.4. The van der Waals surface area contributed by atoms with Crippen molar-refractivity contribution in [2.75, 3.05) is 43.5 Å². The van der Waals surface area contributed by atoms with Gasteiger partial charge in [0.1, 0.15) is 18.0 Å². The molecule has 3 heterocycles. The highest BCUT2D eigenvalue weighted by Crippen LogP contribution is 2.28. The molecule has 9 nitrogen and oxygen atoms in total. The molecule has 1 aliphatic carbocycles. The third-order valence-corrected chi connectivity index (χ3v) is 5.49. The maximum Gasteiger partial charge on any atom is 0.490 e. The van der Waals surface area contributed by atoms with Crippen LogP contribution in [0.5, 0.6) is 0 Å². The number of nitrogens with one attached hydrogen (secondary N) is 1. The number of pyridine rings is 1. The van der Waals surface area contributed by atoms with Crippen LogP contribution in [0, 0.1) is 5.92 Å². The first-order valence-corrected chi connectivity index (χ1v) is 10.9. The smallest absolute Gasteiger partial charge is 0.475 e. The third-order valence-electron chi connectivity index (χ3n) is 5.49. The standard InChI is InChI=1S/C20H26N6O.C2HF3O2/c1-25(2)19-16(20(27)22-12-14-3-4-14)11-15-6-9-26(10-7-17(15)24-19)18-5-8-21-13-23-18;3-2(4,5)1(6)7/h5,8,11,13-14H,3-4,6-7,9-10,12H2,1-2H3,(H,22,27);(H,6,7). The Hall–Kier alpha value is -3.44. The highest BCUT2D eigenvalue weighted by atomic mass is 19.4. The summed E-state index contributed by atoms with van der Waals surface area (Å²) < 4.78 is 31.7. The second-order valence-electron chi connectivity index (χ2n) is 8.37. The van der Waals surface area contributed by atoms with Gasteiger partial charge in [-0.2, -0.15) is 13.2 Å². The fraction of sp³-hybridized carbons (Fsp3) is 0.500. The molecule has 2 aliphatic rings. The van der Waals surface area contributed by atoms with E-state index >= 15 is 0 Å². The zero-order valence-corrected chi connectivity index (χ0v) is 19.0. The molecule has 1 amide bonds. The van der Waals surface area contributed by atoms with Crippen LogP contribution < -0.4 is 15.1 Å². The number of alkyl halides is 3. The number of anilines is 2. The number of amides is 1. The van der Waals surface area contributed by atoms with Crippen LogP contribution in [-0.4, -0.2) is 71.8 Å². The maximum absolute atomic E-state index is 12.8. The molecule has 0 radical (unpaired) electrons. The lowest BCUT2D eigenvalue weighted by atomic mass is 10.0. The van der Waals surface area contributed by atoms with Gasteiger partial charge in [-0.05, 0) is 42.9 Å². The van der Waals surface area contributed by atoms with Crippen molar-refractivity contribution in [2.24, 2.45) is 5.92 Å². The number of hydrogen-bond donors (Lipinski definition) is 2. The van der Waals surface area contributed by atoms with Crippen LogP contribution in [0.25, 0.3) is 0 Å². The van der Waals surface area contributed by atoms with E-state index in [4.69, 9.17) is 14.9 Å². The monoisotopic (exact) mass is 480 g/mol. The molecule has 1 saturated carbocycles. The average molecular weight is 480 g/mol. The highest BCUT2D eigenvalue weighted by Gasteiger charge is 2.38. The number of carboxylic acids is 1. The van der Waals surface area contributed by atoms with Crippen molar-refractivity contribution in [2.45, 2.75) is 31.9 Å². The summed E-state index contributed by atoms with van der Waals surface area (Å²) in [6.07, 6.45) is 2.40. The van der Waals surface area contributed by atoms with Gasteiger partial charge in [-0.15, -0.1) is 0 Å². The molecule has 0 atom stereocenters. The highest BCUT2D eigenvalue weighted by molar-refractivity contribution is 5.99. The first kappa shape index (κ1) is 25.2. The Kier molecular flexibility index (Phi) is 7.90. The van der Waals surface area contributed by atoms with Crippen LogP contribution in [0.3, 0.4) is 0 Å². The summed E-state index contributed by atoms with van der Waals surface area (Å²) in [7, 11) is 3.88. The van der Waals surface area contributed by atoms with E-state index in [-0.39, 0.29) is 5.91 Å². The van der Waals surface area contributed by atoms with Gasteiger partial charge in [0, 0.05) is 52.0 Å². The lowest BCUT2D eigenvalue weighted by molar-refractivity contribution is -0.192. The second-order valence-corrected chi connectivity index (χ2v) is 8.37. The molecule has 0 unspecified atom stereocenters. The molecule has 34 heavy (non-hydrogen) atoms. The first-order chi connectivity index (χ1) is 16.1. The topological polar surface area (TPSA) is 112 Å². The number of carboxylic acid groups (broad SMARTS) is 1. The molecule has 0 saturated heterocycles. The molecule has 0 aromatic carbocycles. The summed E-state index contributed by atoms with van der Waals surface area (Å²) in [4.78, 5) is 39.1. The predicted octanol–water partition coefficient (Wildman–Crippen LogP) is 2.32. The summed E-state index contributed by atoms with van der Waals surface area (Å²) in [6, 6.07) is 3.98. The number of fused-ring (bicyclic) bond motifs is 1. The summed E-state index contributed by atoms with van der Waals surface area (Å²) in [5, 5.41) is 10.2. The van der Waals surface area contributed by atoms with Crippen LogP contribution in [0.1, 0.15) is 34.5 Å². The van der Waals surface area contributed by atoms with Gasteiger partial charge in [0.25, 0.3) is 5.91 Å². The van der Waals surface area contributed by atoms with E-state index in [1.54, 1.807) is 12.5 Å². The maximum atomic E-state index is 12.8.